The molecule has 32 heavy (non-hydrogen) atoms. The monoisotopic (exact) mass is 422 g/mol. The van der Waals surface area contributed by atoms with Gasteiger partial charge in [0.15, 0.2) is 0 Å². The minimum Gasteiger partial charge on any atom is -0.323 e. The normalized spacial score (nSPS) is 11.1. The minimum atomic E-state index is 0.986. The zero-order valence-electron chi connectivity index (χ0n) is 19.4. The molecule has 164 valence electrons. The number of rotatable bonds is 10. The van der Waals surface area contributed by atoms with Gasteiger partial charge in [0.25, 0.3) is 0 Å². The first-order valence-corrected chi connectivity index (χ1v) is 12.1. The van der Waals surface area contributed by atoms with Crippen molar-refractivity contribution in [3.8, 4) is 33.9 Å². The standard InChI is InChI=1S/C30H34N2/c1-3-4-5-6-7-14-23-32-29(26-17-12-9-13-18-26)28(25-15-10-8-11-16-25)31-30(32)27-21-19-24(2)20-22-27/h8-13,15-22H,3-7,14,23H2,1-2H3. The van der Waals surface area contributed by atoms with Gasteiger partial charge in [-0.25, -0.2) is 4.98 Å². The predicted molar refractivity (Wildman–Crippen MR) is 137 cm³/mol. The highest BCUT2D eigenvalue weighted by atomic mass is 15.1. The fourth-order valence-corrected chi connectivity index (χ4v) is 4.33. The highest BCUT2D eigenvalue weighted by Gasteiger charge is 2.20. The molecule has 3 aromatic carbocycles. The third kappa shape index (κ3) is 5.19. The van der Waals surface area contributed by atoms with E-state index in [0.717, 1.165) is 18.1 Å². The van der Waals surface area contributed by atoms with E-state index in [4.69, 9.17) is 4.98 Å². The van der Waals surface area contributed by atoms with Crippen LogP contribution in [0.3, 0.4) is 0 Å². The van der Waals surface area contributed by atoms with Crippen LogP contribution in [0.2, 0.25) is 0 Å². The van der Waals surface area contributed by atoms with Crippen LogP contribution in [0, 0.1) is 6.92 Å². The summed E-state index contributed by atoms with van der Waals surface area (Å²) in [5, 5.41) is 0. The summed E-state index contributed by atoms with van der Waals surface area (Å²) in [5.41, 5.74) is 7.14. The van der Waals surface area contributed by atoms with Gasteiger partial charge in [0, 0.05) is 23.2 Å². The van der Waals surface area contributed by atoms with Crippen molar-refractivity contribution < 1.29 is 0 Å². The van der Waals surface area contributed by atoms with E-state index in [2.05, 4.69) is 103 Å². The van der Waals surface area contributed by atoms with Crippen LogP contribution >= 0.6 is 0 Å². The zero-order valence-corrected chi connectivity index (χ0v) is 19.4. The summed E-state index contributed by atoms with van der Waals surface area (Å²) in [6, 6.07) is 30.1. The van der Waals surface area contributed by atoms with E-state index in [9.17, 15) is 0 Å². The lowest BCUT2D eigenvalue weighted by Gasteiger charge is -2.14. The average Bonchev–Trinajstić information content (AvgIpc) is 3.22. The quantitative estimate of drug-likeness (QED) is 0.234. The molecule has 1 heterocycles. The maximum absolute atomic E-state index is 5.25. The van der Waals surface area contributed by atoms with Gasteiger partial charge in [0.1, 0.15) is 5.82 Å². The number of aromatic nitrogens is 2. The van der Waals surface area contributed by atoms with Crippen LogP contribution in [0.5, 0.6) is 0 Å². The molecule has 0 bridgehead atoms. The van der Waals surface area contributed by atoms with E-state index in [0.29, 0.717) is 0 Å². The first kappa shape index (κ1) is 22.1. The van der Waals surface area contributed by atoms with Gasteiger partial charge in [-0.1, -0.05) is 130 Å². The van der Waals surface area contributed by atoms with Crippen LogP contribution in [0.1, 0.15) is 51.0 Å². The number of nitrogens with zero attached hydrogens (tertiary/aromatic N) is 2. The Kier molecular flexibility index (Phi) is 7.55. The molecule has 4 rings (SSSR count). The van der Waals surface area contributed by atoms with Crippen LogP contribution in [-0.2, 0) is 6.54 Å². The number of hydrogen-bond acceptors (Lipinski definition) is 1. The van der Waals surface area contributed by atoms with Crippen molar-refractivity contribution in [1.29, 1.82) is 0 Å². The van der Waals surface area contributed by atoms with Gasteiger partial charge >= 0.3 is 0 Å². The van der Waals surface area contributed by atoms with Gasteiger partial charge in [0.2, 0.25) is 0 Å². The Hall–Kier alpha value is -3.13. The molecule has 0 saturated carbocycles. The highest BCUT2D eigenvalue weighted by Crippen LogP contribution is 2.36. The molecule has 0 aliphatic rings. The summed E-state index contributed by atoms with van der Waals surface area (Å²) in [4.78, 5) is 5.25. The van der Waals surface area contributed by atoms with E-state index in [1.54, 1.807) is 0 Å². The predicted octanol–water partition coefficient (Wildman–Crippen LogP) is 8.55. The summed E-state index contributed by atoms with van der Waals surface area (Å²) in [6.45, 7) is 5.40. The highest BCUT2D eigenvalue weighted by molar-refractivity contribution is 5.82. The van der Waals surface area contributed by atoms with Crippen molar-refractivity contribution in [3.05, 3.63) is 90.5 Å². The molecule has 4 aromatic rings. The fraction of sp³-hybridized carbons (Fsp3) is 0.300. The van der Waals surface area contributed by atoms with Gasteiger partial charge in [0.05, 0.1) is 11.4 Å². The average molecular weight is 423 g/mol. The molecule has 0 N–H and O–H groups in total. The number of hydrogen-bond donors (Lipinski definition) is 0. The van der Waals surface area contributed by atoms with Crippen molar-refractivity contribution in [1.82, 2.24) is 9.55 Å². The molecule has 2 nitrogen and oxygen atoms in total. The second kappa shape index (κ2) is 10.9. The van der Waals surface area contributed by atoms with E-state index in [-0.39, 0.29) is 0 Å². The van der Waals surface area contributed by atoms with E-state index < -0.39 is 0 Å². The molecular weight excluding hydrogens is 388 g/mol. The minimum absolute atomic E-state index is 0.986. The zero-order chi connectivity index (χ0) is 22.2. The summed E-state index contributed by atoms with van der Waals surface area (Å²) in [7, 11) is 0. The lowest BCUT2D eigenvalue weighted by molar-refractivity contribution is 0.562. The Labute approximate surface area is 193 Å². The van der Waals surface area contributed by atoms with Crippen molar-refractivity contribution in [2.24, 2.45) is 0 Å². The number of benzene rings is 3. The molecule has 0 saturated heterocycles. The van der Waals surface area contributed by atoms with E-state index >= 15 is 0 Å². The molecule has 0 radical (unpaired) electrons. The number of imidazole rings is 1. The van der Waals surface area contributed by atoms with Gasteiger partial charge in [-0.3, -0.25) is 0 Å². The first-order chi connectivity index (χ1) is 15.8. The maximum atomic E-state index is 5.25. The maximum Gasteiger partial charge on any atom is 0.141 e. The smallest absolute Gasteiger partial charge is 0.141 e. The van der Waals surface area contributed by atoms with E-state index in [1.807, 2.05) is 0 Å². The summed E-state index contributed by atoms with van der Waals surface area (Å²) in [5.74, 6) is 1.07. The molecule has 0 spiro atoms. The Bertz CT molecular complexity index is 1090. The van der Waals surface area contributed by atoms with E-state index in [1.165, 1.54) is 66.5 Å². The fourth-order valence-electron chi connectivity index (χ4n) is 4.33. The van der Waals surface area contributed by atoms with Gasteiger partial charge in [-0.2, -0.15) is 0 Å². The van der Waals surface area contributed by atoms with Crippen LogP contribution in [0.25, 0.3) is 33.9 Å². The summed E-state index contributed by atoms with van der Waals surface area (Å²) < 4.78 is 2.46. The van der Waals surface area contributed by atoms with Gasteiger partial charge in [-0.05, 0) is 13.3 Å². The lowest BCUT2D eigenvalue weighted by Crippen LogP contribution is -2.03. The molecular formula is C30H34N2. The Morgan fingerprint density at radius 2 is 1.22 bits per heavy atom. The van der Waals surface area contributed by atoms with Crippen molar-refractivity contribution in [2.75, 3.05) is 0 Å². The molecule has 0 aliphatic carbocycles. The van der Waals surface area contributed by atoms with Crippen LogP contribution in [0.15, 0.2) is 84.9 Å². The second-order valence-corrected chi connectivity index (χ2v) is 8.65. The number of aryl methyl sites for hydroxylation is 1. The third-order valence-electron chi connectivity index (χ3n) is 6.11. The Balaban J connectivity index is 1.79. The summed E-state index contributed by atoms with van der Waals surface area (Å²) >= 11 is 0. The molecule has 0 atom stereocenters. The van der Waals surface area contributed by atoms with Crippen molar-refractivity contribution in [3.63, 3.8) is 0 Å². The van der Waals surface area contributed by atoms with Crippen LogP contribution in [0.4, 0.5) is 0 Å². The topological polar surface area (TPSA) is 17.8 Å². The SMILES string of the molecule is CCCCCCCCn1c(-c2ccc(C)cc2)nc(-c2ccccc2)c1-c1ccccc1. The Morgan fingerprint density at radius 3 is 1.88 bits per heavy atom. The Morgan fingerprint density at radius 1 is 0.625 bits per heavy atom. The third-order valence-corrected chi connectivity index (χ3v) is 6.11. The molecule has 0 fully saturated rings. The lowest BCUT2D eigenvalue weighted by atomic mass is 10.0. The first-order valence-electron chi connectivity index (χ1n) is 12.1. The number of unbranched alkanes of at least 4 members (excludes halogenated alkanes) is 5. The van der Waals surface area contributed by atoms with Crippen molar-refractivity contribution in [2.45, 2.75) is 58.9 Å². The van der Waals surface area contributed by atoms with Crippen molar-refractivity contribution >= 4 is 0 Å². The molecule has 0 unspecified atom stereocenters. The largest absolute Gasteiger partial charge is 0.323 e. The van der Waals surface area contributed by atoms with Gasteiger partial charge in [-0.15, -0.1) is 0 Å². The van der Waals surface area contributed by atoms with Gasteiger partial charge < -0.3 is 4.57 Å². The van der Waals surface area contributed by atoms with Crippen LogP contribution in [-0.4, -0.2) is 9.55 Å². The molecule has 2 heteroatoms. The molecule has 0 amide bonds. The molecule has 1 aromatic heterocycles. The second-order valence-electron chi connectivity index (χ2n) is 8.65. The van der Waals surface area contributed by atoms with Crippen LogP contribution < -0.4 is 0 Å². The molecule has 0 aliphatic heterocycles. The summed E-state index contributed by atoms with van der Waals surface area (Å²) in [6.07, 6.45) is 7.72.